The molecule has 0 rings (SSSR count). The summed E-state index contributed by atoms with van der Waals surface area (Å²) in [6, 6.07) is 0. The third kappa shape index (κ3) is 4.07. The normalized spacial score (nSPS) is 8.55. The summed E-state index contributed by atoms with van der Waals surface area (Å²) >= 11 is 0. The molecule has 0 aromatic heterocycles. The van der Waals surface area contributed by atoms with Crippen LogP contribution in [-0.2, 0) is 9.59 Å². The highest BCUT2D eigenvalue weighted by Crippen LogP contribution is 1.88. The first-order valence-electron chi connectivity index (χ1n) is 2.81. The maximum Gasteiger partial charge on any atom is 0.269 e. The van der Waals surface area contributed by atoms with Gasteiger partial charge in [-0.2, -0.15) is 0 Å². The molecule has 0 aliphatic carbocycles. The lowest BCUT2D eigenvalue weighted by molar-refractivity contribution is -0.121. The average Bonchev–Trinajstić information content (AvgIpc) is 2.02. The van der Waals surface area contributed by atoms with Gasteiger partial charge >= 0.3 is 0 Å². The molecular weight excluding hydrogens is 182 g/mol. The second-order valence-electron chi connectivity index (χ2n) is 1.70. The molecule has 0 heterocycles. The number of hydrogen-bond acceptors (Lipinski definition) is 2. The van der Waals surface area contributed by atoms with Crippen LogP contribution in [-0.4, -0.2) is 18.0 Å². The van der Waals surface area contributed by atoms with E-state index in [0.717, 1.165) is 0 Å². The van der Waals surface area contributed by atoms with E-state index in [1.165, 1.54) is 0 Å². The molecule has 0 saturated heterocycles. The topological polar surface area (TPSA) is 58.2 Å². The van der Waals surface area contributed by atoms with E-state index in [0.29, 0.717) is 0 Å². The fourth-order valence-electron chi connectivity index (χ4n) is 0.363. The minimum absolute atomic E-state index is 0.0486. The van der Waals surface area contributed by atoms with Crippen LogP contribution in [0, 0.1) is 0 Å². The highest BCUT2D eigenvalue weighted by atomic mass is 31.0. The number of hydrogen-bond donors (Lipinski definition) is 2. The van der Waals surface area contributed by atoms with Crippen LogP contribution >= 0.6 is 18.6 Å². The third-order valence-corrected chi connectivity index (χ3v) is 1.51. The molecule has 0 aliphatic rings. The number of nitrogens with one attached hydrogen (secondary N) is 2. The summed E-state index contributed by atoms with van der Waals surface area (Å²) in [4.78, 5) is 21.4. The Bertz CT molecular complexity index is 193. The quantitative estimate of drug-likeness (QED) is 0.463. The molecule has 0 aliphatic heterocycles. The highest BCUT2D eigenvalue weighted by Gasteiger charge is 2.05. The molecule has 0 radical (unpaired) electrons. The van der Waals surface area contributed by atoms with Crippen LogP contribution in [0.15, 0.2) is 12.3 Å². The van der Waals surface area contributed by atoms with Crippen LogP contribution in [0.1, 0.15) is 0 Å². The van der Waals surface area contributed by atoms with Crippen molar-refractivity contribution in [2.75, 3.05) is 6.16 Å². The monoisotopic (exact) mass is 192 g/mol. The Morgan fingerprint density at radius 2 is 2.00 bits per heavy atom. The van der Waals surface area contributed by atoms with Gasteiger partial charge in [0.25, 0.3) is 5.91 Å². The van der Waals surface area contributed by atoms with Crippen LogP contribution in [0.5, 0.6) is 0 Å². The van der Waals surface area contributed by atoms with Gasteiger partial charge in [0.1, 0.15) is 0 Å². The van der Waals surface area contributed by atoms with Gasteiger partial charge < -0.3 is 10.4 Å². The zero-order valence-corrected chi connectivity index (χ0v) is 8.19. The fraction of sp³-hybridized carbons (Fsp3) is 0.200. The van der Waals surface area contributed by atoms with Crippen LogP contribution in [0.3, 0.4) is 0 Å². The molecule has 0 saturated carbocycles. The zero-order valence-electron chi connectivity index (χ0n) is 5.89. The van der Waals surface area contributed by atoms with E-state index in [1.807, 2.05) is 9.39 Å². The molecule has 0 aromatic carbocycles. The van der Waals surface area contributed by atoms with Crippen molar-refractivity contribution in [1.82, 2.24) is 10.4 Å². The van der Waals surface area contributed by atoms with E-state index >= 15 is 0 Å². The van der Waals surface area contributed by atoms with Crippen LogP contribution < -0.4 is 10.4 Å². The van der Waals surface area contributed by atoms with E-state index in [1.54, 1.807) is 0 Å². The zero-order chi connectivity index (χ0) is 8.85. The molecule has 6 heteroatoms. The first kappa shape index (κ1) is 10.5. The van der Waals surface area contributed by atoms with Crippen molar-refractivity contribution >= 4 is 30.4 Å². The molecule has 11 heavy (non-hydrogen) atoms. The molecule has 2 unspecified atom stereocenters. The predicted molar refractivity (Wildman–Crippen MR) is 49.7 cm³/mol. The third-order valence-electron chi connectivity index (χ3n) is 0.881. The minimum Gasteiger partial charge on any atom is -0.335 e. The van der Waals surface area contributed by atoms with Crippen molar-refractivity contribution in [1.29, 1.82) is 0 Å². The van der Waals surface area contributed by atoms with Crippen LogP contribution in [0.25, 0.3) is 0 Å². The Balaban J connectivity index is 3.88. The Morgan fingerprint density at radius 3 is 2.36 bits per heavy atom. The summed E-state index contributed by atoms with van der Waals surface area (Å²) < 4.78 is 0. The molecule has 0 fully saturated rings. The molecule has 0 spiro atoms. The first-order valence-corrected chi connectivity index (χ1v) is 4.21. The lowest BCUT2D eigenvalue weighted by atomic mass is 10.4. The fourth-order valence-corrected chi connectivity index (χ4v) is 0.639. The summed E-state index contributed by atoms with van der Waals surface area (Å²) in [5.74, 6) is -0.671. The van der Waals surface area contributed by atoms with Gasteiger partial charge in [-0.1, -0.05) is 6.58 Å². The Morgan fingerprint density at radius 1 is 1.45 bits per heavy atom. The van der Waals surface area contributed by atoms with Gasteiger partial charge in [0.05, 0.1) is 5.70 Å². The highest BCUT2D eigenvalue weighted by molar-refractivity contribution is 7.18. The summed E-state index contributed by atoms with van der Waals surface area (Å²) in [6.45, 7) is 3.35. The maximum atomic E-state index is 10.7. The summed E-state index contributed by atoms with van der Waals surface area (Å²) in [7, 11) is 4.26. The standard InChI is InChI=1S/C5H10N2O2P2/c1-3(5(9)7-11)6-4(8)2-10/h1-2,10-11H2,(H,6,8)(H,7,9). The molecular formula is C5H10N2O2P2. The summed E-state index contributed by atoms with van der Waals surface area (Å²) in [5, 5.41) is 4.55. The first-order chi connectivity index (χ1) is 5.11. The van der Waals surface area contributed by atoms with Gasteiger partial charge in [-0.05, 0) is 9.39 Å². The smallest absolute Gasteiger partial charge is 0.269 e. The van der Waals surface area contributed by atoms with Crippen LogP contribution in [0.2, 0.25) is 0 Å². The Labute approximate surface area is 69.6 Å². The minimum atomic E-state index is -0.415. The van der Waals surface area contributed by atoms with Gasteiger partial charge in [0, 0.05) is 6.16 Å². The molecule has 62 valence electrons. The number of rotatable bonds is 3. The number of amides is 2. The number of carbonyl (C=O) groups excluding carboxylic acids is 2. The van der Waals surface area contributed by atoms with Crippen molar-refractivity contribution in [3.05, 3.63) is 12.3 Å². The molecule has 2 amide bonds. The molecule has 0 bridgehead atoms. The van der Waals surface area contributed by atoms with Crippen LogP contribution in [0.4, 0.5) is 0 Å². The molecule has 2 atom stereocenters. The molecule has 2 N–H and O–H groups in total. The predicted octanol–water partition coefficient (Wildman–Crippen LogP) is -0.602. The van der Waals surface area contributed by atoms with Gasteiger partial charge in [-0.25, -0.2) is 0 Å². The largest absolute Gasteiger partial charge is 0.335 e. The van der Waals surface area contributed by atoms with E-state index in [4.69, 9.17) is 0 Å². The Kier molecular flexibility index (Phi) is 5.01. The average molecular weight is 192 g/mol. The van der Waals surface area contributed by atoms with Crippen molar-refractivity contribution < 1.29 is 9.59 Å². The lowest BCUT2D eigenvalue weighted by Gasteiger charge is -2.03. The van der Waals surface area contributed by atoms with E-state index < -0.39 is 5.91 Å². The van der Waals surface area contributed by atoms with E-state index in [-0.39, 0.29) is 17.8 Å². The van der Waals surface area contributed by atoms with Crippen molar-refractivity contribution in [2.45, 2.75) is 0 Å². The van der Waals surface area contributed by atoms with Crippen molar-refractivity contribution in [2.24, 2.45) is 0 Å². The molecule has 0 aromatic rings. The van der Waals surface area contributed by atoms with Crippen molar-refractivity contribution in [3.63, 3.8) is 0 Å². The SMILES string of the molecule is C=C(NC(=O)CP)C(=O)NP. The lowest BCUT2D eigenvalue weighted by Crippen LogP contribution is -2.30. The Hall–Kier alpha value is -0.460. The summed E-state index contributed by atoms with van der Waals surface area (Å²) in [5.41, 5.74) is 0.0486. The maximum absolute atomic E-state index is 10.7. The van der Waals surface area contributed by atoms with Gasteiger partial charge in [-0.15, -0.1) is 9.24 Å². The van der Waals surface area contributed by atoms with Crippen molar-refractivity contribution in [3.8, 4) is 0 Å². The van der Waals surface area contributed by atoms with Gasteiger partial charge in [0.2, 0.25) is 5.91 Å². The van der Waals surface area contributed by atoms with Gasteiger partial charge in [0.15, 0.2) is 0 Å². The van der Waals surface area contributed by atoms with E-state index in [2.05, 4.69) is 26.2 Å². The van der Waals surface area contributed by atoms with E-state index in [9.17, 15) is 9.59 Å². The second kappa shape index (κ2) is 5.22. The number of carbonyl (C=O) groups is 2. The summed E-state index contributed by atoms with van der Waals surface area (Å²) in [6.07, 6.45) is 0.253. The molecule has 4 nitrogen and oxygen atoms in total. The second-order valence-corrected chi connectivity index (χ2v) is 2.40. The van der Waals surface area contributed by atoms with Gasteiger partial charge in [-0.3, -0.25) is 9.59 Å².